The molecule has 0 amide bonds. The first-order valence-electron chi connectivity index (χ1n) is 6.77. The summed E-state index contributed by atoms with van der Waals surface area (Å²) in [5.41, 5.74) is 0. The van der Waals surface area contributed by atoms with Gasteiger partial charge in [-0.05, 0) is 13.8 Å². The Morgan fingerprint density at radius 1 is 0.650 bits per heavy atom. The third kappa shape index (κ3) is 6.47. The van der Waals surface area contributed by atoms with Crippen LogP contribution in [0.15, 0.2) is 0 Å². The fraction of sp³-hybridized carbons (Fsp3) is 1.00. The van der Waals surface area contributed by atoms with Gasteiger partial charge in [0.1, 0.15) is 24.4 Å². The standard InChI is InChI=1S/C14H30O6/c1-10(2)20-12(9-16-4)14(19-7)13(18-6)11(17-5)8-15-3/h10-14H,8-9H2,1-7H3/t11-,12-,13+,14-/m0/s1. The SMILES string of the molecule is COC[C@H](OC(C)C)[C@H](OC)[C@H](OC)[C@H](COC)OC. The smallest absolute Gasteiger partial charge is 0.114 e. The van der Waals surface area contributed by atoms with E-state index in [0.29, 0.717) is 13.2 Å². The minimum Gasteiger partial charge on any atom is -0.382 e. The molecule has 0 rings (SSSR count). The van der Waals surface area contributed by atoms with Crippen molar-refractivity contribution in [3.63, 3.8) is 0 Å². The van der Waals surface area contributed by atoms with Gasteiger partial charge in [0.2, 0.25) is 0 Å². The van der Waals surface area contributed by atoms with Crippen molar-refractivity contribution in [1.82, 2.24) is 0 Å². The second-order valence-corrected chi connectivity index (χ2v) is 4.81. The van der Waals surface area contributed by atoms with E-state index in [1.54, 1.807) is 35.5 Å². The highest BCUT2D eigenvalue weighted by Crippen LogP contribution is 2.18. The minimum atomic E-state index is -0.317. The first-order chi connectivity index (χ1) is 9.55. The fourth-order valence-corrected chi connectivity index (χ4v) is 2.18. The topological polar surface area (TPSA) is 55.4 Å². The van der Waals surface area contributed by atoms with Crippen molar-refractivity contribution in [2.24, 2.45) is 0 Å². The van der Waals surface area contributed by atoms with E-state index in [0.717, 1.165) is 0 Å². The van der Waals surface area contributed by atoms with Gasteiger partial charge in [0.15, 0.2) is 0 Å². The van der Waals surface area contributed by atoms with Gasteiger partial charge in [0.25, 0.3) is 0 Å². The van der Waals surface area contributed by atoms with Crippen LogP contribution >= 0.6 is 0 Å². The molecule has 6 heteroatoms. The molecule has 0 aliphatic heterocycles. The van der Waals surface area contributed by atoms with Crippen LogP contribution in [0, 0.1) is 0 Å². The van der Waals surface area contributed by atoms with Gasteiger partial charge in [-0.25, -0.2) is 0 Å². The highest BCUT2D eigenvalue weighted by Gasteiger charge is 2.36. The van der Waals surface area contributed by atoms with Gasteiger partial charge in [-0.15, -0.1) is 0 Å². The zero-order chi connectivity index (χ0) is 15.5. The van der Waals surface area contributed by atoms with Gasteiger partial charge < -0.3 is 28.4 Å². The summed E-state index contributed by atoms with van der Waals surface area (Å²) in [5.74, 6) is 0. The molecule has 6 nitrogen and oxygen atoms in total. The Hall–Kier alpha value is -0.240. The lowest BCUT2D eigenvalue weighted by atomic mass is 10.0. The summed E-state index contributed by atoms with van der Waals surface area (Å²) < 4.78 is 32.8. The van der Waals surface area contributed by atoms with Crippen LogP contribution in [-0.4, -0.2) is 79.3 Å². The molecule has 0 aliphatic rings. The maximum Gasteiger partial charge on any atom is 0.114 e. The average Bonchev–Trinajstić information content (AvgIpc) is 2.41. The molecule has 0 aromatic heterocycles. The molecule has 4 atom stereocenters. The maximum absolute atomic E-state index is 5.87. The molecular formula is C14H30O6. The van der Waals surface area contributed by atoms with Crippen LogP contribution in [0.5, 0.6) is 0 Å². The summed E-state index contributed by atoms with van der Waals surface area (Å²) >= 11 is 0. The first kappa shape index (κ1) is 19.8. The third-order valence-corrected chi connectivity index (χ3v) is 3.01. The lowest BCUT2D eigenvalue weighted by molar-refractivity contribution is -0.180. The molecule has 0 spiro atoms. The summed E-state index contributed by atoms with van der Waals surface area (Å²) in [7, 11) is 8.13. The second-order valence-electron chi connectivity index (χ2n) is 4.81. The van der Waals surface area contributed by atoms with Crippen LogP contribution in [0.3, 0.4) is 0 Å². The Morgan fingerprint density at radius 2 is 1.10 bits per heavy atom. The quantitative estimate of drug-likeness (QED) is 0.537. The Morgan fingerprint density at radius 3 is 1.45 bits per heavy atom. The molecule has 0 unspecified atom stereocenters. The Balaban J connectivity index is 5.00. The van der Waals surface area contributed by atoms with Crippen LogP contribution in [0.2, 0.25) is 0 Å². The van der Waals surface area contributed by atoms with Crippen LogP contribution in [0.1, 0.15) is 13.8 Å². The third-order valence-electron chi connectivity index (χ3n) is 3.01. The monoisotopic (exact) mass is 294 g/mol. The van der Waals surface area contributed by atoms with Crippen molar-refractivity contribution in [3.8, 4) is 0 Å². The summed E-state index contributed by atoms with van der Waals surface area (Å²) in [6, 6.07) is 0. The number of rotatable bonds is 12. The van der Waals surface area contributed by atoms with Crippen molar-refractivity contribution in [1.29, 1.82) is 0 Å². The molecule has 0 fully saturated rings. The summed E-state index contributed by atoms with van der Waals surface area (Å²) in [6.07, 6.45) is -1.06. The molecule has 122 valence electrons. The van der Waals surface area contributed by atoms with Gasteiger partial charge in [-0.2, -0.15) is 0 Å². The number of hydrogen-bond acceptors (Lipinski definition) is 6. The van der Waals surface area contributed by atoms with E-state index >= 15 is 0 Å². The molecular weight excluding hydrogens is 264 g/mol. The van der Waals surface area contributed by atoms with E-state index in [1.807, 2.05) is 13.8 Å². The van der Waals surface area contributed by atoms with Gasteiger partial charge in [-0.3, -0.25) is 0 Å². The van der Waals surface area contributed by atoms with E-state index in [-0.39, 0.29) is 30.5 Å². The van der Waals surface area contributed by atoms with E-state index in [1.165, 1.54) is 0 Å². The van der Waals surface area contributed by atoms with Crippen molar-refractivity contribution in [2.45, 2.75) is 44.4 Å². The largest absolute Gasteiger partial charge is 0.382 e. The Bertz CT molecular complexity index is 224. The van der Waals surface area contributed by atoms with E-state index in [2.05, 4.69) is 0 Å². The molecule has 0 saturated carbocycles. The Kier molecular flexibility index (Phi) is 11.3. The van der Waals surface area contributed by atoms with Crippen LogP contribution < -0.4 is 0 Å². The highest BCUT2D eigenvalue weighted by atomic mass is 16.6. The van der Waals surface area contributed by atoms with Gasteiger partial charge >= 0.3 is 0 Å². The van der Waals surface area contributed by atoms with Crippen molar-refractivity contribution >= 4 is 0 Å². The lowest BCUT2D eigenvalue weighted by Crippen LogP contribution is -2.51. The molecule has 0 N–H and O–H groups in total. The zero-order valence-corrected chi connectivity index (χ0v) is 13.8. The van der Waals surface area contributed by atoms with Crippen LogP contribution in [-0.2, 0) is 28.4 Å². The predicted molar refractivity (Wildman–Crippen MR) is 76.2 cm³/mol. The van der Waals surface area contributed by atoms with Crippen molar-refractivity contribution in [3.05, 3.63) is 0 Å². The number of ether oxygens (including phenoxy) is 6. The van der Waals surface area contributed by atoms with E-state index in [9.17, 15) is 0 Å². The van der Waals surface area contributed by atoms with Crippen LogP contribution in [0.4, 0.5) is 0 Å². The Labute approximate surface area is 122 Å². The number of hydrogen-bond donors (Lipinski definition) is 0. The number of methoxy groups -OCH3 is 5. The van der Waals surface area contributed by atoms with E-state index in [4.69, 9.17) is 28.4 Å². The molecule has 0 heterocycles. The van der Waals surface area contributed by atoms with Gasteiger partial charge in [-0.1, -0.05) is 0 Å². The van der Waals surface area contributed by atoms with Crippen LogP contribution in [0.25, 0.3) is 0 Å². The molecule has 0 bridgehead atoms. The summed E-state index contributed by atoms with van der Waals surface area (Å²) in [5, 5.41) is 0. The van der Waals surface area contributed by atoms with Gasteiger partial charge in [0.05, 0.1) is 19.3 Å². The van der Waals surface area contributed by atoms with Crippen molar-refractivity contribution < 1.29 is 28.4 Å². The average molecular weight is 294 g/mol. The second kappa shape index (κ2) is 11.4. The molecule has 0 aromatic carbocycles. The normalized spacial score (nSPS) is 18.0. The molecule has 0 saturated heterocycles. The molecule has 0 radical (unpaired) electrons. The maximum atomic E-state index is 5.87. The summed E-state index contributed by atoms with van der Waals surface area (Å²) in [4.78, 5) is 0. The minimum absolute atomic E-state index is 0.0636. The first-order valence-corrected chi connectivity index (χ1v) is 6.77. The molecule has 20 heavy (non-hydrogen) atoms. The predicted octanol–water partition coefficient (Wildman–Crippen LogP) is 1.12. The van der Waals surface area contributed by atoms with Gasteiger partial charge in [0, 0.05) is 35.5 Å². The highest BCUT2D eigenvalue weighted by molar-refractivity contribution is 4.85. The van der Waals surface area contributed by atoms with E-state index < -0.39 is 0 Å². The van der Waals surface area contributed by atoms with Crippen molar-refractivity contribution in [2.75, 3.05) is 48.8 Å². The molecule has 0 aromatic rings. The summed E-state index contributed by atoms with van der Waals surface area (Å²) in [6.45, 7) is 4.77. The molecule has 0 aliphatic carbocycles. The lowest BCUT2D eigenvalue weighted by Gasteiger charge is -2.35. The zero-order valence-electron chi connectivity index (χ0n) is 13.8. The fourth-order valence-electron chi connectivity index (χ4n) is 2.18.